The summed E-state index contributed by atoms with van der Waals surface area (Å²) in [5, 5.41) is 10.8. The normalized spacial score (nSPS) is 12.9. The molecule has 1 unspecified atom stereocenters. The SMILES string of the molecule is COC([O])Cc1ccc(F)c(F)c1. The van der Waals surface area contributed by atoms with Gasteiger partial charge < -0.3 is 4.74 Å². The van der Waals surface area contributed by atoms with Gasteiger partial charge >= 0.3 is 0 Å². The van der Waals surface area contributed by atoms with Gasteiger partial charge in [0.25, 0.3) is 0 Å². The van der Waals surface area contributed by atoms with Crippen LogP contribution in [-0.4, -0.2) is 13.4 Å². The minimum atomic E-state index is -1.23. The Morgan fingerprint density at radius 1 is 1.38 bits per heavy atom. The first-order chi connectivity index (χ1) is 6.13. The van der Waals surface area contributed by atoms with E-state index in [1.165, 1.54) is 13.2 Å². The molecule has 0 aliphatic rings. The van der Waals surface area contributed by atoms with Gasteiger partial charge in [-0.3, -0.25) is 0 Å². The second kappa shape index (κ2) is 4.30. The Morgan fingerprint density at radius 3 is 2.62 bits per heavy atom. The summed E-state index contributed by atoms with van der Waals surface area (Å²) >= 11 is 0. The molecule has 0 saturated carbocycles. The molecule has 2 nitrogen and oxygen atoms in total. The first-order valence-corrected chi connectivity index (χ1v) is 3.76. The standard InChI is InChI=1S/C9H9F2O2/c1-13-9(12)5-6-2-3-7(10)8(11)4-6/h2-4,9H,5H2,1H3. The number of hydrogen-bond donors (Lipinski definition) is 0. The molecule has 0 spiro atoms. The summed E-state index contributed by atoms with van der Waals surface area (Å²) in [5.41, 5.74) is 0.431. The molecule has 0 aliphatic heterocycles. The first kappa shape index (κ1) is 10.1. The van der Waals surface area contributed by atoms with Crippen molar-refractivity contribution < 1.29 is 18.6 Å². The van der Waals surface area contributed by atoms with Crippen LogP contribution < -0.4 is 0 Å². The van der Waals surface area contributed by atoms with E-state index < -0.39 is 17.9 Å². The van der Waals surface area contributed by atoms with Crippen LogP contribution in [0.1, 0.15) is 5.56 Å². The van der Waals surface area contributed by atoms with Gasteiger partial charge in [-0.05, 0) is 17.7 Å². The van der Waals surface area contributed by atoms with Crippen LogP contribution in [0.25, 0.3) is 0 Å². The van der Waals surface area contributed by atoms with Gasteiger partial charge in [-0.1, -0.05) is 6.07 Å². The van der Waals surface area contributed by atoms with Crippen molar-refractivity contribution in [1.82, 2.24) is 0 Å². The van der Waals surface area contributed by atoms with Crippen LogP contribution in [0.2, 0.25) is 0 Å². The highest BCUT2D eigenvalue weighted by atomic mass is 19.2. The quantitative estimate of drug-likeness (QED) is 0.664. The molecule has 0 heterocycles. The third kappa shape index (κ3) is 2.75. The maximum atomic E-state index is 12.6. The van der Waals surface area contributed by atoms with Crippen LogP contribution in [0.4, 0.5) is 8.78 Å². The van der Waals surface area contributed by atoms with Crippen molar-refractivity contribution in [3.05, 3.63) is 35.4 Å². The molecule has 0 fully saturated rings. The van der Waals surface area contributed by atoms with E-state index in [0.717, 1.165) is 12.1 Å². The summed E-state index contributed by atoms with van der Waals surface area (Å²) in [4.78, 5) is 0. The van der Waals surface area contributed by atoms with Crippen LogP contribution in [0.3, 0.4) is 0 Å². The zero-order valence-electron chi connectivity index (χ0n) is 7.09. The number of ether oxygens (including phenoxy) is 1. The van der Waals surface area contributed by atoms with Crippen molar-refractivity contribution in [2.75, 3.05) is 7.11 Å². The van der Waals surface area contributed by atoms with Crippen molar-refractivity contribution in [1.29, 1.82) is 0 Å². The zero-order valence-corrected chi connectivity index (χ0v) is 7.09. The summed E-state index contributed by atoms with van der Waals surface area (Å²) in [6, 6.07) is 3.36. The molecule has 4 heteroatoms. The third-order valence-electron chi connectivity index (χ3n) is 1.65. The molecule has 1 aromatic rings. The highest BCUT2D eigenvalue weighted by Gasteiger charge is 2.07. The Morgan fingerprint density at radius 2 is 2.08 bits per heavy atom. The average molecular weight is 187 g/mol. The fourth-order valence-electron chi connectivity index (χ4n) is 0.942. The zero-order chi connectivity index (χ0) is 9.84. The molecule has 0 aliphatic carbocycles. The van der Waals surface area contributed by atoms with E-state index >= 15 is 0 Å². The largest absolute Gasteiger partial charge is 0.353 e. The van der Waals surface area contributed by atoms with Gasteiger partial charge in [-0.15, -0.1) is 0 Å². The molecule has 0 aromatic heterocycles. The lowest BCUT2D eigenvalue weighted by atomic mass is 10.1. The topological polar surface area (TPSA) is 29.1 Å². The smallest absolute Gasteiger partial charge is 0.195 e. The predicted molar refractivity (Wildman–Crippen MR) is 41.5 cm³/mol. The lowest BCUT2D eigenvalue weighted by Crippen LogP contribution is -2.10. The number of benzene rings is 1. The molecule has 0 amide bonds. The Bertz CT molecular complexity index is 289. The van der Waals surface area contributed by atoms with Gasteiger partial charge in [0.2, 0.25) is 0 Å². The van der Waals surface area contributed by atoms with Crippen LogP contribution in [0.15, 0.2) is 18.2 Å². The van der Waals surface area contributed by atoms with Crippen molar-refractivity contribution in [2.24, 2.45) is 0 Å². The molecule has 1 aromatic carbocycles. The van der Waals surface area contributed by atoms with E-state index in [1.807, 2.05) is 0 Å². The lowest BCUT2D eigenvalue weighted by molar-refractivity contribution is -0.117. The van der Waals surface area contributed by atoms with Crippen molar-refractivity contribution >= 4 is 0 Å². The predicted octanol–water partition coefficient (Wildman–Crippen LogP) is 1.91. The van der Waals surface area contributed by atoms with Gasteiger partial charge in [0.05, 0.1) is 0 Å². The van der Waals surface area contributed by atoms with Crippen molar-refractivity contribution in [3.8, 4) is 0 Å². The third-order valence-corrected chi connectivity index (χ3v) is 1.65. The van der Waals surface area contributed by atoms with Gasteiger partial charge in [0, 0.05) is 13.5 Å². The van der Waals surface area contributed by atoms with Crippen LogP contribution in [0, 0.1) is 11.6 Å². The molecule has 0 bridgehead atoms. The van der Waals surface area contributed by atoms with Crippen molar-refractivity contribution in [3.63, 3.8) is 0 Å². The van der Waals surface area contributed by atoms with Gasteiger partial charge in [0.15, 0.2) is 17.9 Å². The van der Waals surface area contributed by atoms with Crippen LogP contribution >= 0.6 is 0 Å². The minimum absolute atomic E-state index is 0.0354. The molecular formula is C9H9F2O2. The highest BCUT2D eigenvalue weighted by Crippen LogP contribution is 2.10. The molecule has 1 rings (SSSR count). The Labute approximate surface area is 74.8 Å². The monoisotopic (exact) mass is 187 g/mol. The van der Waals surface area contributed by atoms with E-state index in [4.69, 9.17) is 0 Å². The van der Waals surface area contributed by atoms with E-state index in [1.54, 1.807) is 0 Å². The molecule has 71 valence electrons. The summed E-state index contributed by atoms with van der Waals surface area (Å²) in [6.45, 7) is 0. The Balaban J connectivity index is 2.73. The fraction of sp³-hybridized carbons (Fsp3) is 0.333. The Hall–Kier alpha value is -1.00. The summed E-state index contributed by atoms with van der Waals surface area (Å²) in [6.07, 6.45) is -1.20. The highest BCUT2D eigenvalue weighted by molar-refractivity contribution is 5.18. The molecule has 1 atom stereocenters. The number of rotatable bonds is 3. The van der Waals surface area contributed by atoms with Gasteiger partial charge in [-0.2, -0.15) is 0 Å². The molecular weight excluding hydrogens is 178 g/mol. The average Bonchev–Trinajstić information content (AvgIpc) is 2.11. The van der Waals surface area contributed by atoms with Crippen LogP contribution in [-0.2, 0) is 16.3 Å². The molecule has 1 radical (unpaired) electrons. The summed E-state index contributed by atoms with van der Waals surface area (Å²) in [7, 11) is 1.28. The maximum absolute atomic E-state index is 12.6. The molecule has 13 heavy (non-hydrogen) atoms. The van der Waals surface area contributed by atoms with Gasteiger partial charge in [0.1, 0.15) is 0 Å². The van der Waals surface area contributed by atoms with Crippen molar-refractivity contribution in [2.45, 2.75) is 12.7 Å². The molecule has 0 N–H and O–H groups in total. The number of halogens is 2. The summed E-state index contributed by atoms with van der Waals surface area (Å²) < 4.78 is 29.5. The van der Waals surface area contributed by atoms with E-state index in [-0.39, 0.29) is 6.42 Å². The second-order valence-corrected chi connectivity index (χ2v) is 2.62. The first-order valence-electron chi connectivity index (χ1n) is 3.76. The second-order valence-electron chi connectivity index (χ2n) is 2.62. The summed E-state index contributed by atoms with van der Waals surface area (Å²) in [5.74, 6) is -1.86. The van der Waals surface area contributed by atoms with Gasteiger partial charge in [-0.25, -0.2) is 13.9 Å². The van der Waals surface area contributed by atoms with E-state index in [2.05, 4.69) is 4.74 Å². The minimum Gasteiger partial charge on any atom is -0.353 e. The van der Waals surface area contributed by atoms with Crippen LogP contribution in [0.5, 0.6) is 0 Å². The maximum Gasteiger partial charge on any atom is 0.195 e. The number of hydrogen-bond acceptors (Lipinski definition) is 1. The number of methoxy groups -OCH3 is 1. The Kier molecular flexibility index (Phi) is 3.33. The van der Waals surface area contributed by atoms with E-state index in [0.29, 0.717) is 5.56 Å². The molecule has 0 saturated heterocycles. The lowest BCUT2D eigenvalue weighted by Gasteiger charge is -2.05. The van der Waals surface area contributed by atoms with E-state index in [9.17, 15) is 13.9 Å². The fourth-order valence-corrected chi connectivity index (χ4v) is 0.942.